The molecular formula is C23H17N3O4S. The van der Waals surface area contributed by atoms with Crippen LogP contribution < -0.4 is 16.0 Å². The van der Waals surface area contributed by atoms with Gasteiger partial charge in [0.15, 0.2) is 10.9 Å². The molecule has 0 spiro atoms. The van der Waals surface area contributed by atoms with Crippen molar-refractivity contribution >= 4 is 57.6 Å². The van der Waals surface area contributed by atoms with Gasteiger partial charge in [-0.15, -0.1) is 0 Å². The van der Waals surface area contributed by atoms with Crippen LogP contribution in [0.5, 0.6) is 0 Å². The maximum atomic E-state index is 12.4. The Balaban J connectivity index is 1.30. The third kappa shape index (κ3) is 5.26. The van der Waals surface area contributed by atoms with Crippen molar-refractivity contribution in [1.29, 1.82) is 0 Å². The largest absolute Gasteiger partial charge is 0.465 e. The number of amides is 2. The van der Waals surface area contributed by atoms with Crippen LogP contribution in [0.2, 0.25) is 0 Å². The van der Waals surface area contributed by atoms with Gasteiger partial charge in [0.2, 0.25) is 5.91 Å². The zero-order valence-electron chi connectivity index (χ0n) is 16.1. The summed E-state index contributed by atoms with van der Waals surface area (Å²) < 4.78 is 10.7. The number of hydrogen-bond donors (Lipinski definition) is 3. The first-order valence-corrected chi connectivity index (χ1v) is 9.71. The first-order chi connectivity index (χ1) is 15.1. The summed E-state index contributed by atoms with van der Waals surface area (Å²) in [5.41, 5.74) is 1.90. The van der Waals surface area contributed by atoms with Gasteiger partial charge in [0, 0.05) is 22.8 Å². The molecule has 8 heteroatoms. The molecule has 0 aliphatic carbocycles. The molecule has 2 heterocycles. The van der Waals surface area contributed by atoms with Gasteiger partial charge < -0.3 is 19.5 Å². The Bertz CT molecular complexity index is 1220. The van der Waals surface area contributed by atoms with E-state index in [4.69, 9.17) is 21.1 Å². The molecule has 0 bridgehead atoms. The number of para-hydroxylation sites is 1. The van der Waals surface area contributed by atoms with E-state index in [0.717, 1.165) is 5.39 Å². The minimum atomic E-state index is -0.386. The normalized spacial score (nSPS) is 10.8. The van der Waals surface area contributed by atoms with Crippen LogP contribution in [0.4, 0.5) is 11.4 Å². The predicted octanol–water partition coefficient (Wildman–Crippen LogP) is 4.80. The van der Waals surface area contributed by atoms with E-state index in [1.54, 1.807) is 48.5 Å². The van der Waals surface area contributed by atoms with Crippen LogP contribution in [0.3, 0.4) is 0 Å². The molecule has 2 aromatic carbocycles. The Morgan fingerprint density at radius 1 is 0.903 bits per heavy atom. The zero-order chi connectivity index (χ0) is 21.6. The molecular weight excluding hydrogens is 414 g/mol. The summed E-state index contributed by atoms with van der Waals surface area (Å²) in [7, 11) is 0. The molecule has 0 unspecified atom stereocenters. The first kappa shape index (κ1) is 20.1. The van der Waals surface area contributed by atoms with Gasteiger partial charge in [-0.25, -0.2) is 0 Å². The van der Waals surface area contributed by atoms with Gasteiger partial charge in [0.25, 0.3) is 5.91 Å². The van der Waals surface area contributed by atoms with Gasteiger partial charge >= 0.3 is 0 Å². The molecule has 0 radical (unpaired) electrons. The SMILES string of the molecule is O=C(/C=C/c1ccco1)NC(=S)Nc1ccc(NC(=O)c2cc3ccccc3o2)cc1. The zero-order valence-corrected chi connectivity index (χ0v) is 16.9. The second kappa shape index (κ2) is 9.10. The van der Waals surface area contributed by atoms with Gasteiger partial charge in [-0.05, 0) is 66.8 Å². The van der Waals surface area contributed by atoms with Crippen molar-refractivity contribution in [3.05, 3.63) is 90.6 Å². The number of carbonyl (C=O) groups is 2. The van der Waals surface area contributed by atoms with Crippen molar-refractivity contribution in [3.63, 3.8) is 0 Å². The minimum Gasteiger partial charge on any atom is -0.465 e. The van der Waals surface area contributed by atoms with E-state index in [2.05, 4.69) is 16.0 Å². The van der Waals surface area contributed by atoms with Gasteiger partial charge in [-0.2, -0.15) is 0 Å². The smallest absolute Gasteiger partial charge is 0.291 e. The lowest BCUT2D eigenvalue weighted by Crippen LogP contribution is -2.32. The number of carbonyl (C=O) groups excluding carboxylic acids is 2. The van der Waals surface area contributed by atoms with Crippen molar-refractivity contribution in [2.45, 2.75) is 0 Å². The Labute approximate surface area is 182 Å². The molecule has 0 fully saturated rings. The van der Waals surface area contributed by atoms with Crippen LogP contribution in [-0.4, -0.2) is 16.9 Å². The molecule has 2 aromatic heterocycles. The number of anilines is 2. The third-order valence-electron chi connectivity index (χ3n) is 4.23. The highest BCUT2D eigenvalue weighted by atomic mass is 32.1. The minimum absolute atomic E-state index is 0.146. The monoisotopic (exact) mass is 431 g/mol. The summed E-state index contributed by atoms with van der Waals surface area (Å²) in [5, 5.41) is 9.24. The van der Waals surface area contributed by atoms with E-state index >= 15 is 0 Å². The molecule has 0 aliphatic rings. The van der Waals surface area contributed by atoms with Gasteiger partial charge in [0.05, 0.1) is 6.26 Å². The van der Waals surface area contributed by atoms with Gasteiger partial charge in [0.1, 0.15) is 11.3 Å². The van der Waals surface area contributed by atoms with Crippen LogP contribution in [0.1, 0.15) is 16.3 Å². The lowest BCUT2D eigenvalue weighted by Gasteiger charge is -2.09. The number of thiocarbonyl (C=S) groups is 1. The molecule has 0 saturated carbocycles. The van der Waals surface area contributed by atoms with Crippen molar-refractivity contribution in [1.82, 2.24) is 5.32 Å². The summed E-state index contributed by atoms with van der Waals surface area (Å²) in [6, 6.07) is 19.5. The fourth-order valence-electron chi connectivity index (χ4n) is 2.78. The molecule has 4 aromatic rings. The molecule has 154 valence electrons. The second-order valence-electron chi connectivity index (χ2n) is 6.47. The first-order valence-electron chi connectivity index (χ1n) is 9.30. The Morgan fingerprint density at radius 2 is 1.65 bits per heavy atom. The summed E-state index contributed by atoms with van der Waals surface area (Å²) in [4.78, 5) is 24.3. The van der Waals surface area contributed by atoms with E-state index in [-0.39, 0.29) is 22.7 Å². The van der Waals surface area contributed by atoms with Crippen LogP contribution in [0, 0.1) is 0 Å². The number of rotatable bonds is 5. The van der Waals surface area contributed by atoms with Crippen molar-refractivity contribution in [2.75, 3.05) is 10.6 Å². The fraction of sp³-hybridized carbons (Fsp3) is 0. The number of fused-ring (bicyclic) bond motifs is 1. The Hall–Kier alpha value is -4.17. The van der Waals surface area contributed by atoms with E-state index in [1.165, 1.54) is 18.4 Å². The molecule has 0 aliphatic heterocycles. The average Bonchev–Trinajstić information content (AvgIpc) is 3.43. The summed E-state index contributed by atoms with van der Waals surface area (Å²) >= 11 is 5.14. The van der Waals surface area contributed by atoms with Crippen LogP contribution in [0.25, 0.3) is 17.0 Å². The number of benzene rings is 2. The Morgan fingerprint density at radius 3 is 2.35 bits per heavy atom. The molecule has 4 rings (SSSR count). The lowest BCUT2D eigenvalue weighted by molar-refractivity contribution is -0.115. The molecule has 7 nitrogen and oxygen atoms in total. The molecule has 0 saturated heterocycles. The van der Waals surface area contributed by atoms with Crippen molar-refractivity contribution in [2.24, 2.45) is 0 Å². The molecule has 2 amide bonds. The highest BCUT2D eigenvalue weighted by Gasteiger charge is 2.12. The highest BCUT2D eigenvalue weighted by molar-refractivity contribution is 7.80. The quantitative estimate of drug-likeness (QED) is 0.310. The van der Waals surface area contributed by atoms with Gasteiger partial charge in [-0.3, -0.25) is 14.9 Å². The highest BCUT2D eigenvalue weighted by Crippen LogP contribution is 2.20. The molecule has 3 N–H and O–H groups in total. The number of nitrogens with one attached hydrogen (secondary N) is 3. The molecule has 0 atom stereocenters. The standard InChI is InChI=1S/C23H17N3O4S/c27-21(12-11-18-5-3-13-29-18)26-23(31)25-17-9-7-16(8-10-17)24-22(28)20-14-15-4-1-2-6-19(15)30-20/h1-14H,(H,24,28)(H2,25,26,27,31)/b12-11+. The second-order valence-corrected chi connectivity index (χ2v) is 6.88. The number of hydrogen-bond acceptors (Lipinski definition) is 5. The van der Waals surface area contributed by atoms with E-state index < -0.39 is 0 Å². The van der Waals surface area contributed by atoms with Crippen LogP contribution in [-0.2, 0) is 4.79 Å². The number of furan rings is 2. The maximum absolute atomic E-state index is 12.4. The topological polar surface area (TPSA) is 96.5 Å². The lowest BCUT2D eigenvalue weighted by atomic mass is 10.2. The van der Waals surface area contributed by atoms with E-state index in [0.29, 0.717) is 22.7 Å². The maximum Gasteiger partial charge on any atom is 0.291 e. The summed E-state index contributed by atoms with van der Waals surface area (Å²) in [6.45, 7) is 0. The fourth-order valence-corrected chi connectivity index (χ4v) is 3.00. The predicted molar refractivity (Wildman–Crippen MR) is 123 cm³/mol. The average molecular weight is 431 g/mol. The van der Waals surface area contributed by atoms with Crippen LogP contribution >= 0.6 is 12.2 Å². The van der Waals surface area contributed by atoms with Gasteiger partial charge in [-0.1, -0.05) is 18.2 Å². The van der Waals surface area contributed by atoms with E-state index in [1.807, 2.05) is 18.2 Å². The third-order valence-corrected chi connectivity index (χ3v) is 4.43. The van der Waals surface area contributed by atoms with Crippen molar-refractivity contribution < 1.29 is 18.4 Å². The van der Waals surface area contributed by atoms with E-state index in [9.17, 15) is 9.59 Å². The molecule has 31 heavy (non-hydrogen) atoms. The van der Waals surface area contributed by atoms with Crippen LogP contribution in [0.15, 0.2) is 87.9 Å². The van der Waals surface area contributed by atoms with Crippen molar-refractivity contribution in [3.8, 4) is 0 Å². The summed E-state index contributed by atoms with van der Waals surface area (Å²) in [6.07, 6.45) is 4.38. The Kier molecular flexibility index (Phi) is 5.91. The summed E-state index contributed by atoms with van der Waals surface area (Å²) in [5.74, 6) is 0.0656.